The van der Waals surface area contributed by atoms with E-state index in [1.165, 1.54) is 16.7 Å². The van der Waals surface area contributed by atoms with E-state index in [1.807, 2.05) is 18.2 Å². The fourth-order valence-electron chi connectivity index (χ4n) is 3.88. The molecule has 1 aliphatic carbocycles. The number of phenols is 1. The molecule has 0 aromatic heterocycles. The van der Waals surface area contributed by atoms with Gasteiger partial charge in [0.25, 0.3) is 0 Å². The first-order valence-corrected chi connectivity index (χ1v) is 8.04. The maximum atomic E-state index is 10.3. The third-order valence-electron chi connectivity index (χ3n) is 4.94. The molecule has 0 bridgehead atoms. The van der Waals surface area contributed by atoms with E-state index in [4.69, 9.17) is 11.6 Å². The molecule has 3 unspecified atom stereocenters. The molecule has 0 radical (unpaired) electrons. The van der Waals surface area contributed by atoms with Crippen molar-refractivity contribution in [1.82, 2.24) is 0 Å². The second kappa shape index (κ2) is 5.06. The number of halogens is 1. The molecule has 3 heteroatoms. The van der Waals surface area contributed by atoms with Crippen molar-refractivity contribution in [3.05, 3.63) is 70.3 Å². The molecule has 2 aliphatic rings. The number of rotatable bonds is 1. The SMILES string of the molecule is Cc1ccc(O)c2c1C1C=CCC1C(c1ccc(Cl)cc1)N2. The Balaban J connectivity index is 1.84. The van der Waals surface area contributed by atoms with Gasteiger partial charge in [0.15, 0.2) is 0 Å². The number of anilines is 1. The number of aromatic hydroxyl groups is 1. The molecule has 22 heavy (non-hydrogen) atoms. The van der Waals surface area contributed by atoms with Crippen molar-refractivity contribution in [3.63, 3.8) is 0 Å². The monoisotopic (exact) mass is 311 g/mol. The van der Waals surface area contributed by atoms with Gasteiger partial charge in [0.1, 0.15) is 5.75 Å². The fourth-order valence-corrected chi connectivity index (χ4v) is 4.01. The molecule has 0 fully saturated rings. The van der Waals surface area contributed by atoms with Crippen molar-refractivity contribution in [3.8, 4) is 5.75 Å². The summed E-state index contributed by atoms with van der Waals surface area (Å²) in [4.78, 5) is 0. The third kappa shape index (κ3) is 2.02. The molecule has 1 aliphatic heterocycles. The van der Waals surface area contributed by atoms with Gasteiger partial charge in [0, 0.05) is 10.9 Å². The van der Waals surface area contributed by atoms with Crippen molar-refractivity contribution in [2.24, 2.45) is 5.92 Å². The Morgan fingerprint density at radius 3 is 2.68 bits per heavy atom. The average molecular weight is 312 g/mol. The summed E-state index contributed by atoms with van der Waals surface area (Å²) in [6, 6.07) is 12.0. The standard InChI is InChI=1S/C19H18ClNO/c1-11-5-10-16(22)19-17(11)14-3-2-4-15(14)18(21-19)12-6-8-13(20)9-7-12/h2-3,5-10,14-15,18,21-22H,4H2,1H3. The zero-order chi connectivity index (χ0) is 15.3. The number of aryl methyl sites for hydroxylation is 1. The van der Waals surface area contributed by atoms with Crippen molar-refractivity contribution >= 4 is 17.3 Å². The predicted octanol–water partition coefficient (Wildman–Crippen LogP) is 5.18. The summed E-state index contributed by atoms with van der Waals surface area (Å²) in [6.07, 6.45) is 5.61. The molecule has 0 amide bonds. The molecule has 0 saturated heterocycles. The van der Waals surface area contributed by atoms with Crippen LogP contribution in [-0.4, -0.2) is 5.11 Å². The molecule has 2 aromatic carbocycles. The van der Waals surface area contributed by atoms with E-state index < -0.39 is 0 Å². The summed E-state index contributed by atoms with van der Waals surface area (Å²) in [5.41, 5.74) is 4.57. The Morgan fingerprint density at radius 1 is 1.14 bits per heavy atom. The maximum Gasteiger partial charge on any atom is 0.139 e. The highest BCUT2D eigenvalue weighted by atomic mass is 35.5. The molecular weight excluding hydrogens is 294 g/mol. The lowest BCUT2D eigenvalue weighted by molar-refractivity contribution is 0.414. The highest BCUT2D eigenvalue weighted by Gasteiger charge is 2.39. The van der Waals surface area contributed by atoms with E-state index in [9.17, 15) is 5.11 Å². The van der Waals surface area contributed by atoms with E-state index in [1.54, 1.807) is 6.07 Å². The van der Waals surface area contributed by atoms with Gasteiger partial charge in [-0.2, -0.15) is 0 Å². The van der Waals surface area contributed by atoms with Gasteiger partial charge in [-0.25, -0.2) is 0 Å². The molecule has 2 N–H and O–H groups in total. The number of allylic oxidation sites excluding steroid dienone is 2. The lowest BCUT2D eigenvalue weighted by Crippen LogP contribution is -2.29. The number of phenolic OH excluding ortho intramolecular Hbond substituents is 1. The van der Waals surface area contributed by atoms with Gasteiger partial charge in [0.05, 0.1) is 11.7 Å². The lowest BCUT2D eigenvalue weighted by Gasteiger charge is -2.38. The van der Waals surface area contributed by atoms with E-state index in [-0.39, 0.29) is 6.04 Å². The largest absolute Gasteiger partial charge is 0.506 e. The molecule has 0 saturated carbocycles. The van der Waals surface area contributed by atoms with E-state index in [0.717, 1.165) is 17.1 Å². The van der Waals surface area contributed by atoms with Crippen LogP contribution in [0, 0.1) is 12.8 Å². The normalized spacial score (nSPS) is 25.5. The average Bonchev–Trinajstić information content (AvgIpc) is 3.00. The highest BCUT2D eigenvalue weighted by Crippen LogP contribution is 2.52. The van der Waals surface area contributed by atoms with Crippen LogP contribution in [0.4, 0.5) is 5.69 Å². The summed E-state index contributed by atoms with van der Waals surface area (Å²) in [5, 5.41) is 14.6. The Morgan fingerprint density at radius 2 is 1.91 bits per heavy atom. The Labute approximate surface area is 135 Å². The quantitative estimate of drug-likeness (QED) is 0.562. The second-order valence-electron chi connectivity index (χ2n) is 6.22. The number of hydrogen-bond donors (Lipinski definition) is 2. The maximum absolute atomic E-state index is 10.3. The van der Waals surface area contributed by atoms with Gasteiger partial charge in [0.2, 0.25) is 0 Å². The topological polar surface area (TPSA) is 32.3 Å². The molecule has 2 nitrogen and oxygen atoms in total. The highest BCUT2D eigenvalue weighted by molar-refractivity contribution is 6.30. The zero-order valence-electron chi connectivity index (χ0n) is 12.4. The molecule has 1 heterocycles. The predicted molar refractivity (Wildman–Crippen MR) is 90.6 cm³/mol. The van der Waals surface area contributed by atoms with Crippen LogP contribution < -0.4 is 5.32 Å². The van der Waals surface area contributed by atoms with Gasteiger partial charge in [-0.1, -0.05) is 42.0 Å². The molecule has 2 aromatic rings. The molecule has 0 spiro atoms. The fraction of sp³-hybridized carbons (Fsp3) is 0.263. The van der Waals surface area contributed by atoms with Gasteiger partial charge in [-0.15, -0.1) is 0 Å². The van der Waals surface area contributed by atoms with Crippen LogP contribution in [0.25, 0.3) is 0 Å². The first-order chi connectivity index (χ1) is 10.6. The summed E-state index contributed by atoms with van der Waals surface area (Å²) >= 11 is 6.02. The van der Waals surface area contributed by atoms with Crippen LogP contribution in [0.15, 0.2) is 48.6 Å². The second-order valence-corrected chi connectivity index (χ2v) is 6.65. The van der Waals surface area contributed by atoms with Crippen LogP contribution in [0.2, 0.25) is 5.02 Å². The zero-order valence-corrected chi connectivity index (χ0v) is 13.1. The van der Waals surface area contributed by atoms with Gasteiger partial charge >= 0.3 is 0 Å². The van der Waals surface area contributed by atoms with Gasteiger partial charge < -0.3 is 10.4 Å². The van der Waals surface area contributed by atoms with Crippen molar-refractivity contribution in [2.75, 3.05) is 5.32 Å². The van der Waals surface area contributed by atoms with Crippen molar-refractivity contribution in [1.29, 1.82) is 0 Å². The van der Waals surface area contributed by atoms with E-state index in [0.29, 0.717) is 17.6 Å². The molecule has 112 valence electrons. The number of hydrogen-bond acceptors (Lipinski definition) is 2. The number of fused-ring (bicyclic) bond motifs is 3. The van der Waals surface area contributed by atoms with Crippen LogP contribution in [0.5, 0.6) is 5.75 Å². The third-order valence-corrected chi connectivity index (χ3v) is 5.20. The minimum atomic E-state index is 0.192. The van der Waals surface area contributed by atoms with E-state index >= 15 is 0 Å². The number of benzene rings is 2. The summed E-state index contributed by atoms with van der Waals surface area (Å²) < 4.78 is 0. The molecule has 3 atom stereocenters. The summed E-state index contributed by atoms with van der Waals surface area (Å²) in [5.74, 6) is 1.18. The van der Waals surface area contributed by atoms with Crippen LogP contribution in [0.3, 0.4) is 0 Å². The van der Waals surface area contributed by atoms with E-state index in [2.05, 4.69) is 36.5 Å². The van der Waals surface area contributed by atoms with Crippen molar-refractivity contribution in [2.45, 2.75) is 25.3 Å². The van der Waals surface area contributed by atoms with Crippen LogP contribution in [0.1, 0.15) is 35.1 Å². The van der Waals surface area contributed by atoms with Crippen LogP contribution >= 0.6 is 11.6 Å². The lowest BCUT2D eigenvalue weighted by atomic mass is 9.75. The summed E-state index contributed by atoms with van der Waals surface area (Å²) in [6.45, 7) is 2.12. The van der Waals surface area contributed by atoms with Gasteiger partial charge in [-0.3, -0.25) is 0 Å². The minimum Gasteiger partial charge on any atom is -0.506 e. The first-order valence-electron chi connectivity index (χ1n) is 7.66. The van der Waals surface area contributed by atoms with Crippen molar-refractivity contribution < 1.29 is 5.11 Å². The summed E-state index contributed by atoms with van der Waals surface area (Å²) in [7, 11) is 0. The minimum absolute atomic E-state index is 0.192. The molecular formula is C19H18ClNO. The Bertz CT molecular complexity index is 751. The van der Waals surface area contributed by atoms with Crippen LogP contribution in [-0.2, 0) is 0 Å². The first kappa shape index (κ1) is 13.7. The van der Waals surface area contributed by atoms with Gasteiger partial charge in [-0.05, 0) is 54.2 Å². The smallest absolute Gasteiger partial charge is 0.139 e. The molecule has 4 rings (SSSR count). The Kier molecular flexibility index (Phi) is 3.16. The Hall–Kier alpha value is -1.93. The number of nitrogens with one attached hydrogen (secondary N) is 1.